The molecule has 86 valence electrons. The minimum atomic E-state index is -0.371. The first-order valence-electron chi connectivity index (χ1n) is 5.52. The Morgan fingerprint density at radius 1 is 1.38 bits per heavy atom. The van der Waals surface area contributed by atoms with E-state index < -0.39 is 0 Å². The molecule has 1 aromatic rings. The lowest BCUT2D eigenvalue weighted by Crippen LogP contribution is -2.30. The zero-order valence-corrected chi connectivity index (χ0v) is 9.56. The maximum atomic E-state index is 10.5. The van der Waals surface area contributed by atoms with Gasteiger partial charge in [0.25, 0.3) is 5.69 Å². The van der Waals surface area contributed by atoms with Gasteiger partial charge in [-0.25, -0.2) is 0 Å². The zero-order valence-electron chi connectivity index (χ0n) is 9.56. The van der Waals surface area contributed by atoms with Crippen molar-refractivity contribution < 1.29 is 4.92 Å². The molecule has 0 aliphatic heterocycles. The molecule has 1 atom stereocenters. The van der Waals surface area contributed by atoms with Crippen molar-refractivity contribution in [1.82, 2.24) is 5.32 Å². The Kier molecular flexibility index (Phi) is 2.68. The van der Waals surface area contributed by atoms with Gasteiger partial charge in [0.05, 0.1) is 4.92 Å². The maximum Gasteiger partial charge on any atom is 0.269 e. The smallest absolute Gasteiger partial charge is 0.269 e. The first-order valence-corrected chi connectivity index (χ1v) is 5.52. The highest BCUT2D eigenvalue weighted by molar-refractivity contribution is 5.34. The Hall–Kier alpha value is -1.42. The van der Waals surface area contributed by atoms with Crippen LogP contribution in [0, 0.1) is 10.1 Å². The van der Waals surface area contributed by atoms with Crippen LogP contribution in [0.25, 0.3) is 0 Å². The summed E-state index contributed by atoms with van der Waals surface area (Å²) in [5, 5.41) is 14.0. The van der Waals surface area contributed by atoms with Gasteiger partial charge in [0.15, 0.2) is 0 Å². The van der Waals surface area contributed by atoms with E-state index in [2.05, 4.69) is 19.2 Å². The SMILES string of the molecule is CC(NC1(C)CC1)c1ccc([N+](=O)[O-])cc1. The quantitative estimate of drug-likeness (QED) is 0.627. The minimum absolute atomic E-state index is 0.147. The average Bonchev–Trinajstić information content (AvgIpc) is 2.96. The Labute approximate surface area is 94.8 Å². The van der Waals surface area contributed by atoms with Crippen LogP contribution < -0.4 is 5.32 Å². The van der Waals surface area contributed by atoms with Crippen LogP contribution in [0.4, 0.5) is 5.69 Å². The lowest BCUT2D eigenvalue weighted by molar-refractivity contribution is -0.384. The van der Waals surface area contributed by atoms with Crippen molar-refractivity contribution in [1.29, 1.82) is 0 Å². The largest absolute Gasteiger partial charge is 0.305 e. The summed E-state index contributed by atoms with van der Waals surface area (Å²) in [4.78, 5) is 10.1. The molecular formula is C12H16N2O2. The molecule has 0 spiro atoms. The Morgan fingerprint density at radius 3 is 2.38 bits per heavy atom. The van der Waals surface area contributed by atoms with Crippen LogP contribution in [0.2, 0.25) is 0 Å². The molecule has 1 aliphatic carbocycles. The van der Waals surface area contributed by atoms with E-state index in [1.807, 2.05) is 12.1 Å². The van der Waals surface area contributed by atoms with Crippen LogP contribution >= 0.6 is 0 Å². The number of nitrogens with one attached hydrogen (secondary N) is 1. The van der Waals surface area contributed by atoms with Crippen molar-refractivity contribution in [2.24, 2.45) is 0 Å². The molecular weight excluding hydrogens is 204 g/mol. The number of non-ortho nitro benzene ring substituents is 1. The van der Waals surface area contributed by atoms with E-state index >= 15 is 0 Å². The molecule has 1 saturated carbocycles. The van der Waals surface area contributed by atoms with E-state index in [0.29, 0.717) is 0 Å². The summed E-state index contributed by atoms with van der Waals surface area (Å²) < 4.78 is 0. The number of nitro groups is 1. The standard InChI is InChI=1S/C12H16N2O2/c1-9(13-12(2)7-8-12)10-3-5-11(6-4-10)14(15)16/h3-6,9,13H,7-8H2,1-2H3. The van der Waals surface area contributed by atoms with Crippen LogP contribution in [-0.4, -0.2) is 10.5 Å². The first-order chi connectivity index (χ1) is 7.50. The van der Waals surface area contributed by atoms with Gasteiger partial charge >= 0.3 is 0 Å². The Bertz CT molecular complexity index is 396. The van der Waals surface area contributed by atoms with E-state index in [1.54, 1.807) is 12.1 Å². The number of hydrogen-bond donors (Lipinski definition) is 1. The molecule has 0 aromatic heterocycles. The fourth-order valence-corrected chi connectivity index (χ4v) is 1.82. The molecule has 4 nitrogen and oxygen atoms in total. The number of nitrogens with zero attached hydrogens (tertiary/aromatic N) is 1. The summed E-state index contributed by atoms with van der Waals surface area (Å²) >= 11 is 0. The van der Waals surface area contributed by atoms with Gasteiger partial charge in [0.2, 0.25) is 0 Å². The predicted molar refractivity (Wildman–Crippen MR) is 62.3 cm³/mol. The highest BCUT2D eigenvalue weighted by Gasteiger charge is 2.38. The summed E-state index contributed by atoms with van der Waals surface area (Å²) in [5.41, 5.74) is 1.52. The minimum Gasteiger partial charge on any atom is -0.305 e. The van der Waals surface area contributed by atoms with Gasteiger partial charge in [0, 0.05) is 23.7 Å². The summed E-state index contributed by atoms with van der Waals surface area (Å²) in [6, 6.07) is 7.00. The Morgan fingerprint density at radius 2 is 1.94 bits per heavy atom. The lowest BCUT2D eigenvalue weighted by atomic mass is 10.1. The third-order valence-corrected chi connectivity index (χ3v) is 3.17. The van der Waals surface area contributed by atoms with Gasteiger partial charge in [-0.1, -0.05) is 12.1 Å². The molecule has 4 heteroatoms. The Balaban J connectivity index is 2.06. The van der Waals surface area contributed by atoms with Crippen LogP contribution in [0.3, 0.4) is 0 Å². The van der Waals surface area contributed by atoms with Crippen LogP contribution in [0.1, 0.15) is 38.3 Å². The molecule has 0 heterocycles. The number of benzene rings is 1. The van der Waals surface area contributed by atoms with Crippen LogP contribution in [-0.2, 0) is 0 Å². The van der Waals surface area contributed by atoms with Gasteiger partial charge in [0.1, 0.15) is 0 Å². The van der Waals surface area contributed by atoms with Crippen molar-refractivity contribution >= 4 is 5.69 Å². The van der Waals surface area contributed by atoms with Gasteiger partial charge in [-0.2, -0.15) is 0 Å². The van der Waals surface area contributed by atoms with Gasteiger partial charge < -0.3 is 5.32 Å². The molecule has 1 fully saturated rings. The fourth-order valence-electron chi connectivity index (χ4n) is 1.82. The maximum absolute atomic E-state index is 10.5. The molecule has 0 saturated heterocycles. The van der Waals surface area contributed by atoms with E-state index in [4.69, 9.17) is 0 Å². The second-order valence-corrected chi connectivity index (χ2v) is 4.78. The number of hydrogen-bond acceptors (Lipinski definition) is 3. The number of nitro benzene ring substituents is 1. The van der Waals surface area contributed by atoms with E-state index in [0.717, 1.165) is 5.56 Å². The zero-order chi connectivity index (χ0) is 11.8. The summed E-state index contributed by atoms with van der Waals surface area (Å²) in [6.07, 6.45) is 2.43. The molecule has 0 amide bonds. The highest BCUT2D eigenvalue weighted by atomic mass is 16.6. The summed E-state index contributed by atoms with van der Waals surface area (Å²) in [6.45, 7) is 4.29. The second kappa shape index (κ2) is 3.87. The van der Waals surface area contributed by atoms with Gasteiger partial charge in [-0.15, -0.1) is 0 Å². The molecule has 2 rings (SSSR count). The lowest BCUT2D eigenvalue weighted by Gasteiger charge is -2.19. The van der Waals surface area contributed by atoms with Crippen molar-refractivity contribution in [2.45, 2.75) is 38.3 Å². The topological polar surface area (TPSA) is 55.2 Å². The molecule has 1 aromatic carbocycles. The molecule has 0 radical (unpaired) electrons. The second-order valence-electron chi connectivity index (χ2n) is 4.78. The van der Waals surface area contributed by atoms with Crippen LogP contribution in [0.15, 0.2) is 24.3 Å². The fraction of sp³-hybridized carbons (Fsp3) is 0.500. The van der Waals surface area contributed by atoms with Crippen molar-refractivity contribution in [3.8, 4) is 0 Å². The molecule has 1 aliphatic rings. The van der Waals surface area contributed by atoms with Gasteiger partial charge in [-0.3, -0.25) is 10.1 Å². The van der Waals surface area contributed by atoms with E-state index in [-0.39, 0.29) is 22.2 Å². The molecule has 0 bridgehead atoms. The van der Waals surface area contributed by atoms with E-state index in [1.165, 1.54) is 12.8 Å². The highest BCUT2D eigenvalue weighted by Crippen LogP contribution is 2.36. The number of rotatable bonds is 4. The monoisotopic (exact) mass is 220 g/mol. The van der Waals surface area contributed by atoms with Crippen molar-refractivity contribution in [3.05, 3.63) is 39.9 Å². The predicted octanol–water partition coefficient (Wildman–Crippen LogP) is 2.80. The van der Waals surface area contributed by atoms with Gasteiger partial charge in [-0.05, 0) is 32.3 Å². The first kappa shape index (κ1) is 11.1. The third kappa shape index (κ3) is 2.39. The summed E-state index contributed by atoms with van der Waals surface area (Å²) in [5.74, 6) is 0. The van der Waals surface area contributed by atoms with E-state index in [9.17, 15) is 10.1 Å². The molecule has 1 unspecified atom stereocenters. The van der Waals surface area contributed by atoms with Crippen molar-refractivity contribution in [3.63, 3.8) is 0 Å². The summed E-state index contributed by atoms with van der Waals surface area (Å²) in [7, 11) is 0. The molecule has 16 heavy (non-hydrogen) atoms. The third-order valence-electron chi connectivity index (χ3n) is 3.17. The van der Waals surface area contributed by atoms with Crippen LogP contribution in [0.5, 0.6) is 0 Å². The average molecular weight is 220 g/mol. The van der Waals surface area contributed by atoms with Crippen molar-refractivity contribution in [2.75, 3.05) is 0 Å². The molecule has 1 N–H and O–H groups in total. The normalized spacial score (nSPS) is 19.1.